The maximum atomic E-state index is 4.26. The fourth-order valence-corrected chi connectivity index (χ4v) is 1.91. The second-order valence-corrected chi connectivity index (χ2v) is 4.51. The van der Waals surface area contributed by atoms with Crippen molar-refractivity contribution in [3.05, 3.63) is 47.5 Å². The first-order chi connectivity index (χ1) is 8.70. The van der Waals surface area contributed by atoms with E-state index in [9.17, 15) is 0 Å². The molecule has 0 saturated heterocycles. The second kappa shape index (κ2) is 5.78. The zero-order valence-electron chi connectivity index (χ0n) is 11.2. The van der Waals surface area contributed by atoms with Crippen LogP contribution in [0.25, 0.3) is 0 Å². The summed E-state index contributed by atoms with van der Waals surface area (Å²) in [7, 11) is 0. The lowest BCUT2D eigenvalue weighted by Crippen LogP contribution is -2.21. The van der Waals surface area contributed by atoms with Gasteiger partial charge in [-0.2, -0.15) is 5.10 Å². The minimum absolute atomic E-state index is 0.313. The SMILES string of the molecule is CCn1ncnc1CN[C@H](C)c1ccc(C)cc1. The molecule has 0 amide bonds. The van der Waals surface area contributed by atoms with E-state index < -0.39 is 0 Å². The Labute approximate surface area is 108 Å². The van der Waals surface area contributed by atoms with Crippen molar-refractivity contribution in [1.82, 2.24) is 20.1 Å². The Bertz CT molecular complexity index is 487. The molecule has 2 rings (SSSR count). The number of nitrogens with one attached hydrogen (secondary N) is 1. The highest BCUT2D eigenvalue weighted by molar-refractivity contribution is 5.23. The molecule has 4 heteroatoms. The first-order valence-electron chi connectivity index (χ1n) is 6.37. The van der Waals surface area contributed by atoms with Gasteiger partial charge in [0.1, 0.15) is 12.2 Å². The summed E-state index contributed by atoms with van der Waals surface area (Å²) in [5.41, 5.74) is 2.58. The van der Waals surface area contributed by atoms with Crippen LogP contribution < -0.4 is 5.32 Å². The van der Waals surface area contributed by atoms with Crippen LogP contribution in [0.5, 0.6) is 0 Å². The molecular formula is C14H20N4. The van der Waals surface area contributed by atoms with Crippen molar-refractivity contribution >= 4 is 0 Å². The van der Waals surface area contributed by atoms with Crippen LogP contribution in [0.1, 0.15) is 36.8 Å². The van der Waals surface area contributed by atoms with Crippen LogP contribution in [0.4, 0.5) is 0 Å². The Kier molecular flexibility index (Phi) is 4.10. The third-order valence-electron chi connectivity index (χ3n) is 3.14. The predicted octanol–water partition coefficient (Wildman–Crippen LogP) is 2.46. The van der Waals surface area contributed by atoms with E-state index in [4.69, 9.17) is 0 Å². The molecule has 18 heavy (non-hydrogen) atoms. The molecule has 96 valence electrons. The van der Waals surface area contributed by atoms with Gasteiger partial charge in [0, 0.05) is 12.6 Å². The van der Waals surface area contributed by atoms with Crippen molar-refractivity contribution in [2.75, 3.05) is 0 Å². The summed E-state index contributed by atoms with van der Waals surface area (Å²) in [6, 6.07) is 8.92. The van der Waals surface area contributed by atoms with Crippen LogP contribution in [0, 0.1) is 6.92 Å². The number of rotatable bonds is 5. The molecular weight excluding hydrogens is 224 g/mol. The molecule has 1 aromatic heterocycles. The number of hydrogen-bond donors (Lipinski definition) is 1. The molecule has 1 atom stereocenters. The van der Waals surface area contributed by atoms with Crippen LogP contribution in [0.15, 0.2) is 30.6 Å². The van der Waals surface area contributed by atoms with E-state index in [1.807, 2.05) is 4.68 Å². The fourth-order valence-electron chi connectivity index (χ4n) is 1.91. The minimum Gasteiger partial charge on any atom is -0.303 e. The van der Waals surface area contributed by atoms with Crippen LogP contribution in [-0.4, -0.2) is 14.8 Å². The summed E-state index contributed by atoms with van der Waals surface area (Å²) in [5, 5.41) is 7.63. The van der Waals surface area contributed by atoms with Crippen molar-refractivity contribution in [2.45, 2.75) is 39.9 Å². The standard InChI is InChI=1S/C14H20N4/c1-4-18-14(16-10-17-18)9-15-12(3)13-7-5-11(2)6-8-13/h5-8,10,12,15H,4,9H2,1-3H3/t12-/m1/s1. The van der Waals surface area contributed by atoms with E-state index >= 15 is 0 Å². The van der Waals surface area contributed by atoms with Gasteiger partial charge in [0.15, 0.2) is 0 Å². The maximum absolute atomic E-state index is 4.26. The maximum Gasteiger partial charge on any atom is 0.140 e. The lowest BCUT2D eigenvalue weighted by atomic mass is 10.1. The van der Waals surface area contributed by atoms with Gasteiger partial charge in [-0.15, -0.1) is 0 Å². The van der Waals surface area contributed by atoms with Crippen LogP contribution >= 0.6 is 0 Å². The molecule has 0 unspecified atom stereocenters. The smallest absolute Gasteiger partial charge is 0.140 e. The third-order valence-corrected chi connectivity index (χ3v) is 3.14. The molecule has 1 aromatic carbocycles. The average molecular weight is 244 g/mol. The van der Waals surface area contributed by atoms with Gasteiger partial charge >= 0.3 is 0 Å². The molecule has 0 aliphatic carbocycles. The van der Waals surface area contributed by atoms with E-state index in [-0.39, 0.29) is 0 Å². The van der Waals surface area contributed by atoms with Gasteiger partial charge in [-0.1, -0.05) is 29.8 Å². The molecule has 0 aliphatic heterocycles. The largest absolute Gasteiger partial charge is 0.303 e. The highest BCUT2D eigenvalue weighted by Gasteiger charge is 2.07. The van der Waals surface area contributed by atoms with Gasteiger partial charge in [0.2, 0.25) is 0 Å². The Morgan fingerprint density at radius 2 is 2.00 bits per heavy atom. The van der Waals surface area contributed by atoms with Crippen molar-refractivity contribution in [1.29, 1.82) is 0 Å². The molecule has 1 heterocycles. The average Bonchev–Trinajstić information content (AvgIpc) is 2.84. The van der Waals surface area contributed by atoms with E-state index in [0.29, 0.717) is 6.04 Å². The van der Waals surface area contributed by atoms with E-state index in [2.05, 4.69) is 60.4 Å². The monoisotopic (exact) mass is 244 g/mol. The molecule has 0 saturated carbocycles. The first kappa shape index (κ1) is 12.8. The zero-order chi connectivity index (χ0) is 13.0. The fraction of sp³-hybridized carbons (Fsp3) is 0.429. The predicted molar refractivity (Wildman–Crippen MR) is 72.1 cm³/mol. The highest BCUT2D eigenvalue weighted by atomic mass is 15.3. The van der Waals surface area contributed by atoms with Gasteiger partial charge in [-0.25, -0.2) is 9.67 Å². The van der Waals surface area contributed by atoms with Crippen molar-refractivity contribution in [3.63, 3.8) is 0 Å². The van der Waals surface area contributed by atoms with E-state index in [0.717, 1.165) is 18.9 Å². The lowest BCUT2D eigenvalue weighted by molar-refractivity contribution is 0.523. The number of aromatic nitrogens is 3. The lowest BCUT2D eigenvalue weighted by Gasteiger charge is -2.14. The van der Waals surface area contributed by atoms with Crippen molar-refractivity contribution in [3.8, 4) is 0 Å². The van der Waals surface area contributed by atoms with E-state index in [1.54, 1.807) is 6.33 Å². The summed E-state index contributed by atoms with van der Waals surface area (Å²) in [6.07, 6.45) is 1.61. The highest BCUT2D eigenvalue weighted by Crippen LogP contribution is 2.13. The molecule has 0 radical (unpaired) electrons. The third kappa shape index (κ3) is 2.96. The van der Waals surface area contributed by atoms with Gasteiger partial charge in [0.25, 0.3) is 0 Å². The van der Waals surface area contributed by atoms with Crippen molar-refractivity contribution in [2.24, 2.45) is 0 Å². The van der Waals surface area contributed by atoms with Crippen LogP contribution in [0.3, 0.4) is 0 Å². The number of nitrogens with zero attached hydrogens (tertiary/aromatic N) is 3. The van der Waals surface area contributed by atoms with Crippen LogP contribution in [0.2, 0.25) is 0 Å². The van der Waals surface area contributed by atoms with Gasteiger partial charge in [-0.05, 0) is 26.3 Å². The Hall–Kier alpha value is -1.68. The molecule has 0 spiro atoms. The Morgan fingerprint density at radius 3 is 2.67 bits per heavy atom. The summed E-state index contributed by atoms with van der Waals surface area (Å²) in [4.78, 5) is 4.26. The molecule has 2 aromatic rings. The van der Waals surface area contributed by atoms with Gasteiger partial charge < -0.3 is 5.32 Å². The van der Waals surface area contributed by atoms with Crippen molar-refractivity contribution < 1.29 is 0 Å². The summed E-state index contributed by atoms with van der Waals surface area (Å²) in [6.45, 7) is 7.93. The zero-order valence-corrected chi connectivity index (χ0v) is 11.2. The number of hydrogen-bond acceptors (Lipinski definition) is 3. The van der Waals surface area contributed by atoms with Crippen LogP contribution in [-0.2, 0) is 13.1 Å². The first-order valence-corrected chi connectivity index (χ1v) is 6.37. The number of aryl methyl sites for hydroxylation is 2. The second-order valence-electron chi connectivity index (χ2n) is 4.51. The molecule has 4 nitrogen and oxygen atoms in total. The Balaban J connectivity index is 1.96. The minimum atomic E-state index is 0.313. The topological polar surface area (TPSA) is 42.7 Å². The quantitative estimate of drug-likeness (QED) is 0.878. The Morgan fingerprint density at radius 1 is 1.28 bits per heavy atom. The van der Waals surface area contributed by atoms with Gasteiger partial charge in [-0.3, -0.25) is 0 Å². The summed E-state index contributed by atoms with van der Waals surface area (Å²) < 4.78 is 1.91. The molecule has 1 N–H and O–H groups in total. The summed E-state index contributed by atoms with van der Waals surface area (Å²) >= 11 is 0. The normalized spacial score (nSPS) is 12.6. The van der Waals surface area contributed by atoms with E-state index in [1.165, 1.54) is 11.1 Å². The molecule has 0 fully saturated rings. The van der Waals surface area contributed by atoms with Gasteiger partial charge in [0.05, 0.1) is 6.54 Å². The molecule has 0 bridgehead atoms. The summed E-state index contributed by atoms with van der Waals surface area (Å²) in [5.74, 6) is 0.983. The number of benzene rings is 1. The molecule has 0 aliphatic rings.